The van der Waals surface area contributed by atoms with Crippen LogP contribution in [0, 0.1) is 13.8 Å². The Hall–Kier alpha value is -2.48. The molecule has 2 aromatic heterocycles. The van der Waals surface area contributed by atoms with E-state index in [-0.39, 0.29) is 5.91 Å². The second-order valence-electron chi connectivity index (χ2n) is 6.29. The average molecular weight is 344 g/mol. The smallest absolute Gasteiger partial charge is 0.272 e. The third-order valence-corrected chi connectivity index (χ3v) is 4.31. The van der Waals surface area contributed by atoms with Gasteiger partial charge in [-0.25, -0.2) is 0 Å². The highest BCUT2D eigenvalue weighted by atomic mass is 16.5. The van der Waals surface area contributed by atoms with Gasteiger partial charge in [-0.3, -0.25) is 14.4 Å². The molecule has 0 atom stereocenters. The van der Waals surface area contributed by atoms with Crippen LogP contribution in [0.25, 0.3) is 0 Å². The van der Waals surface area contributed by atoms with E-state index in [1.165, 1.54) is 0 Å². The summed E-state index contributed by atoms with van der Waals surface area (Å²) in [5.41, 5.74) is 2.38. The number of nitrogens with zero attached hydrogens (tertiary/aromatic N) is 6. The molecule has 2 aromatic rings. The van der Waals surface area contributed by atoms with E-state index in [0.717, 1.165) is 31.0 Å². The highest BCUT2D eigenvalue weighted by molar-refractivity contribution is 5.92. The Kier molecular flexibility index (Phi) is 5.28. The lowest BCUT2D eigenvalue weighted by molar-refractivity contribution is 0.0608. The zero-order valence-corrected chi connectivity index (χ0v) is 15.0. The van der Waals surface area contributed by atoms with Crippen molar-refractivity contribution in [2.45, 2.75) is 13.8 Å². The van der Waals surface area contributed by atoms with Gasteiger partial charge in [0.2, 0.25) is 5.88 Å². The number of carbonyl (C=O) groups excluding carboxylic acids is 1. The molecule has 1 aliphatic rings. The molecular formula is C17H24N6O2. The van der Waals surface area contributed by atoms with Crippen molar-refractivity contribution < 1.29 is 9.53 Å². The summed E-state index contributed by atoms with van der Waals surface area (Å²) in [7, 11) is 1.81. The van der Waals surface area contributed by atoms with E-state index in [1.807, 2.05) is 44.0 Å². The number of aryl methyl sites for hydroxylation is 3. The van der Waals surface area contributed by atoms with Crippen LogP contribution >= 0.6 is 0 Å². The monoisotopic (exact) mass is 344 g/mol. The van der Waals surface area contributed by atoms with Crippen molar-refractivity contribution in [3.05, 3.63) is 35.3 Å². The van der Waals surface area contributed by atoms with Crippen molar-refractivity contribution in [1.82, 2.24) is 29.8 Å². The van der Waals surface area contributed by atoms with Gasteiger partial charge in [0.05, 0.1) is 11.4 Å². The lowest BCUT2D eigenvalue weighted by Gasteiger charge is -2.34. The Morgan fingerprint density at radius 3 is 2.48 bits per heavy atom. The highest BCUT2D eigenvalue weighted by Crippen LogP contribution is 2.10. The standard InChI is InChI=1S/C17H24N6O2/c1-13-4-5-16(19-18-13)25-11-10-22-6-8-23(9-7-22)17(24)15-12-14(2)20-21(15)3/h4-5,12H,6-11H2,1-3H3. The molecule has 0 radical (unpaired) electrons. The van der Waals surface area contributed by atoms with E-state index in [2.05, 4.69) is 20.2 Å². The molecule has 0 aliphatic carbocycles. The molecule has 25 heavy (non-hydrogen) atoms. The van der Waals surface area contributed by atoms with Crippen LogP contribution in [0.2, 0.25) is 0 Å². The molecule has 0 unspecified atom stereocenters. The third-order valence-electron chi connectivity index (χ3n) is 4.31. The Morgan fingerprint density at radius 2 is 1.88 bits per heavy atom. The van der Waals surface area contributed by atoms with Gasteiger partial charge in [0.15, 0.2) is 0 Å². The third kappa shape index (κ3) is 4.33. The van der Waals surface area contributed by atoms with Crippen LogP contribution in [0.5, 0.6) is 5.88 Å². The van der Waals surface area contributed by atoms with Crippen LogP contribution in [-0.4, -0.2) is 75.0 Å². The molecular weight excluding hydrogens is 320 g/mol. The maximum absolute atomic E-state index is 12.6. The molecule has 1 fully saturated rings. The van der Waals surface area contributed by atoms with Crippen LogP contribution < -0.4 is 4.74 Å². The van der Waals surface area contributed by atoms with E-state index in [1.54, 1.807) is 4.68 Å². The molecule has 1 saturated heterocycles. The zero-order chi connectivity index (χ0) is 17.8. The van der Waals surface area contributed by atoms with E-state index in [4.69, 9.17) is 4.74 Å². The minimum atomic E-state index is 0.0499. The van der Waals surface area contributed by atoms with Gasteiger partial charge in [-0.1, -0.05) is 0 Å². The van der Waals surface area contributed by atoms with Crippen molar-refractivity contribution in [2.75, 3.05) is 39.3 Å². The lowest BCUT2D eigenvalue weighted by Crippen LogP contribution is -2.49. The molecule has 1 aliphatic heterocycles. The highest BCUT2D eigenvalue weighted by Gasteiger charge is 2.24. The Labute approximate surface area is 147 Å². The minimum absolute atomic E-state index is 0.0499. The molecule has 0 N–H and O–H groups in total. The first kappa shape index (κ1) is 17.3. The van der Waals surface area contributed by atoms with Crippen LogP contribution in [0.4, 0.5) is 0 Å². The van der Waals surface area contributed by atoms with Gasteiger partial charge in [-0.05, 0) is 26.0 Å². The molecule has 8 heteroatoms. The first-order valence-corrected chi connectivity index (χ1v) is 8.48. The second kappa shape index (κ2) is 7.60. The number of piperazine rings is 1. The Bertz CT molecular complexity index is 719. The van der Waals surface area contributed by atoms with Crippen molar-refractivity contribution in [2.24, 2.45) is 7.05 Å². The van der Waals surface area contributed by atoms with Gasteiger partial charge in [-0.2, -0.15) is 10.2 Å². The fourth-order valence-corrected chi connectivity index (χ4v) is 2.89. The van der Waals surface area contributed by atoms with Crippen LogP contribution in [0.1, 0.15) is 21.9 Å². The number of ether oxygens (including phenoxy) is 1. The zero-order valence-electron chi connectivity index (χ0n) is 15.0. The average Bonchev–Trinajstić information content (AvgIpc) is 2.95. The van der Waals surface area contributed by atoms with Crippen LogP contribution in [-0.2, 0) is 7.05 Å². The summed E-state index contributed by atoms with van der Waals surface area (Å²) in [6, 6.07) is 5.55. The summed E-state index contributed by atoms with van der Waals surface area (Å²) in [5, 5.41) is 12.2. The summed E-state index contributed by atoms with van der Waals surface area (Å²) < 4.78 is 7.27. The molecule has 3 heterocycles. The van der Waals surface area contributed by atoms with Gasteiger partial charge in [0.25, 0.3) is 5.91 Å². The number of aromatic nitrogens is 4. The number of hydrogen-bond acceptors (Lipinski definition) is 6. The van der Waals surface area contributed by atoms with Crippen molar-refractivity contribution in [3.8, 4) is 5.88 Å². The van der Waals surface area contributed by atoms with Crippen LogP contribution in [0.15, 0.2) is 18.2 Å². The molecule has 8 nitrogen and oxygen atoms in total. The van der Waals surface area contributed by atoms with Crippen molar-refractivity contribution in [1.29, 1.82) is 0 Å². The summed E-state index contributed by atoms with van der Waals surface area (Å²) in [5.74, 6) is 0.597. The molecule has 1 amide bonds. The lowest BCUT2D eigenvalue weighted by atomic mass is 10.2. The largest absolute Gasteiger partial charge is 0.475 e. The first-order chi connectivity index (χ1) is 12.0. The van der Waals surface area contributed by atoms with Gasteiger partial charge < -0.3 is 9.64 Å². The molecule has 3 rings (SSSR count). The number of amides is 1. The summed E-state index contributed by atoms with van der Waals surface area (Å²) in [6.45, 7) is 8.27. The van der Waals surface area contributed by atoms with Crippen molar-refractivity contribution >= 4 is 5.91 Å². The van der Waals surface area contributed by atoms with E-state index >= 15 is 0 Å². The molecule has 0 spiro atoms. The minimum Gasteiger partial charge on any atom is -0.475 e. The molecule has 0 aromatic carbocycles. The van der Waals surface area contributed by atoms with E-state index in [0.29, 0.717) is 31.3 Å². The fourth-order valence-electron chi connectivity index (χ4n) is 2.89. The SMILES string of the molecule is Cc1ccc(OCCN2CCN(C(=O)c3cc(C)nn3C)CC2)nn1. The van der Waals surface area contributed by atoms with Gasteiger partial charge in [-0.15, -0.1) is 5.10 Å². The van der Waals surface area contributed by atoms with E-state index < -0.39 is 0 Å². The predicted molar refractivity (Wildman–Crippen MR) is 92.6 cm³/mol. The Balaban J connectivity index is 1.43. The van der Waals surface area contributed by atoms with Crippen molar-refractivity contribution in [3.63, 3.8) is 0 Å². The maximum atomic E-state index is 12.6. The van der Waals surface area contributed by atoms with E-state index in [9.17, 15) is 4.79 Å². The Morgan fingerprint density at radius 1 is 1.12 bits per heavy atom. The summed E-state index contributed by atoms with van der Waals surface area (Å²) in [6.07, 6.45) is 0. The van der Waals surface area contributed by atoms with Gasteiger partial charge in [0, 0.05) is 45.8 Å². The molecule has 0 bridgehead atoms. The van der Waals surface area contributed by atoms with Gasteiger partial charge >= 0.3 is 0 Å². The summed E-state index contributed by atoms with van der Waals surface area (Å²) in [4.78, 5) is 16.8. The number of rotatable bonds is 5. The quantitative estimate of drug-likeness (QED) is 0.793. The summed E-state index contributed by atoms with van der Waals surface area (Å²) >= 11 is 0. The maximum Gasteiger partial charge on any atom is 0.272 e. The fraction of sp³-hybridized carbons (Fsp3) is 0.529. The first-order valence-electron chi connectivity index (χ1n) is 8.48. The topological polar surface area (TPSA) is 76.4 Å². The number of carbonyl (C=O) groups is 1. The second-order valence-corrected chi connectivity index (χ2v) is 6.29. The molecule has 134 valence electrons. The predicted octanol–water partition coefficient (Wildman–Crippen LogP) is 0.664. The number of hydrogen-bond donors (Lipinski definition) is 0. The normalized spacial score (nSPS) is 15.4. The van der Waals surface area contributed by atoms with Gasteiger partial charge in [0.1, 0.15) is 12.3 Å². The van der Waals surface area contributed by atoms with Crippen LogP contribution in [0.3, 0.4) is 0 Å². The molecule has 0 saturated carbocycles.